The van der Waals surface area contributed by atoms with Crippen LogP contribution >= 0.6 is 0 Å². The van der Waals surface area contributed by atoms with Crippen LogP contribution in [0, 0.1) is 6.92 Å². The number of hydrogen-bond donors (Lipinski definition) is 2. The first-order chi connectivity index (χ1) is 12.0. The number of nitrogens with one attached hydrogen (secondary N) is 1. The molecule has 2 N–H and O–H groups in total. The molecule has 0 amide bonds. The highest BCUT2D eigenvalue weighted by atomic mass is 16.5. The molecule has 0 fully saturated rings. The van der Waals surface area contributed by atoms with Gasteiger partial charge in [0, 0.05) is 17.3 Å². The Morgan fingerprint density at radius 3 is 2.64 bits per heavy atom. The topological polar surface area (TPSA) is 97.2 Å². The molecule has 1 aromatic carbocycles. The van der Waals surface area contributed by atoms with Crippen molar-refractivity contribution in [1.29, 1.82) is 0 Å². The van der Waals surface area contributed by atoms with Crippen molar-refractivity contribution < 1.29 is 14.6 Å². The van der Waals surface area contributed by atoms with Gasteiger partial charge >= 0.3 is 5.97 Å². The van der Waals surface area contributed by atoms with E-state index in [0.29, 0.717) is 5.56 Å². The molecule has 0 aliphatic rings. The number of H-pyrrole nitrogens is 1. The molecule has 0 unspecified atom stereocenters. The van der Waals surface area contributed by atoms with Crippen LogP contribution in [-0.4, -0.2) is 33.0 Å². The zero-order valence-corrected chi connectivity index (χ0v) is 13.8. The molecule has 7 nitrogen and oxygen atoms in total. The average molecular weight is 339 g/mol. The molecule has 7 heteroatoms. The zero-order chi connectivity index (χ0) is 18.0. The van der Waals surface area contributed by atoms with Crippen LogP contribution in [0.25, 0.3) is 11.3 Å². The molecule has 3 rings (SSSR count). The fraction of sp³-hybridized carbons (Fsp3) is 0.167. The Labute approximate surface area is 143 Å². The number of carbonyl (C=O) groups is 1. The van der Waals surface area contributed by atoms with Crippen molar-refractivity contribution in [2.24, 2.45) is 0 Å². The standard InChI is InChI=1S/C18H17N3O4/c1-11-7-8-21(17(22)15(11)18(23)24)10-13-9-19-20-16(13)12-3-5-14(25-2)6-4-12/h3-9H,10H2,1-2H3,(H,19,20)(H,23,24). The Morgan fingerprint density at radius 1 is 1.28 bits per heavy atom. The van der Waals surface area contributed by atoms with E-state index >= 15 is 0 Å². The minimum absolute atomic E-state index is 0.211. The van der Waals surface area contributed by atoms with Crippen molar-refractivity contribution in [3.8, 4) is 17.0 Å². The van der Waals surface area contributed by atoms with Gasteiger partial charge in [-0.15, -0.1) is 0 Å². The molecule has 0 bridgehead atoms. The summed E-state index contributed by atoms with van der Waals surface area (Å²) in [6.45, 7) is 1.83. The third-order valence-electron chi connectivity index (χ3n) is 4.02. The fourth-order valence-corrected chi connectivity index (χ4v) is 2.67. The van der Waals surface area contributed by atoms with E-state index in [2.05, 4.69) is 10.2 Å². The van der Waals surface area contributed by atoms with Crippen molar-refractivity contribution in [2.75, 3.05) is 7.11 Å². The van der Waals surface area contributed by atoms with E-state index in [9.17, 15) is 14.7 Å². The highest BCUT2D eigenvalue weighted by Gasteiger charge is 2.16. The second-order valence-corrected chi connectivity index (χ2v) is 5.61. The molecule has 0 radical (unpaired) electrons. The van der Waals surface area contributed by atoms with Crippen LogP contribution in [0.5, 0.6) is 5.75 Å². The van der Waals surface area contributed by atoms with E-state index < -0.39 is 11.5 Å². The molecule has 128 valence electrons. The van der Waals surface area contributed by atoms with Gasteiger partial charge in [0.25, 0.3) is 5.56 Å². The Balaban J connectivity index is 1.98. The van der Waals surface area contributed by atoms with Gasteiger partial charge in [-0.3, -0.25) is 9.89 Å². The van der Waals surface area contributed by atoms with Gasteiger partial charge in [0.15, 0.2) is 0 Å². The molecule has 0 spiro atoms. The second-order valence-electron chi connectivity index (χ2n) is 5.61. The highest BCUT2D eigenvalue weighted by Crippen LogP contribution is 2.24. The number of aromatic amines is 1. The van der Waals surface area contributed by atoms with Crippen molar-refractivity contribution >= 4 is 5.97 Å². The summed E-state index contributed by atoms with van der Waals surface area (Å²) in [6, 6.07) is 9.06. The Bertz CT molecular complexity index is 971. The lowest BCUT2D eigenvalue weighted by Crippen LogP contribution is -2.27. The van der Waals surface area contributed by atoms with Crippen LogP contribution in [-0.2, 0) is 6.54 Å². The van der Waals surface area contributed by atoms with Crippen molar-refractivity contribution in [3.63, 3.8) is 0 Å². The number of ether oxygens (including phenoxy) is 1. The maximum absolute atomic E-state index is 12.4. The van der Waals surface area contributed by atoms with Gasteiger partial charge in [-0.05, 0) is 42.8 Å². The fourth-order valence-electron chi connectivity index (χ4n) is 2.67. The minimum atomic E-state index is -1.22. The van der Waals surface area contributed by atoms with Crippen molar-refractivity contribution in [2.45, 2.75) is 13.5 Å². The molecule has 0 aliphatic carbocycles. The van der Waals surface area contributed by atoms with Crippen molar-refractivity contribution in [1.82, 2.24) is 14.8 Å². The third-order valence-corrected chi connectivity index (χ3v) is 4.02. The van der Waals surface area contributed by atoms with E-state index in [0.717, 1.165) is 22.6 Å². The molecule has 0 aliphatic heterocycles. The summed E-state index contributed by atoms with van der Waals surface area (Å²) >= 11 is 0. The van der Waals surface area contributed by atoms with Gasteiger partial charge < -0.3 is 14.4 Å². The SMILES string of the molecule is COc1ccc(-c2[nH]ncc2Cn2ccc(C)c(C(=O)O)c2=O)cc1. The first-order valence-electron chi connectivity index (χ1n) is 7.61. The number of aryl methyl sites for hydroxylation is 1. The van der Waals surface area contributed by atoms with Gasteiger partial charge in [-0.2, -0.15) is 5.10 Å². The van der Waals surface area contributed by atoms with E-state index in [1.807, 2.05) is 24.3 Å². The van der Waals surface area contributed by atoms with E-state index in [4.69, 9.17) is 4.74 Å². The van der Waals surface area contributed by atoms with E-state index in [1.165, 1.54) is 4.57 Å². The predicted octanol–water partition coefficient (Wildman–Crippen LogP) is 2.30. The van der Waals surface area contributed by atoms with Crippen LogP contribution < -0.4 is 10.3 Å². The lowest BCUT2D eigenvalue weighted by molar-refractivity contribution is 0.0693. The Morgan fingerprint density at radius 2 is 2.00 bits per heavy atom. The summed E-state index contributed by atoms with van der Waals surface area (Å²) in [7, 11) is 1.60. The van der Waals surface area contributed by atoms with E-state index in [1.54, 1.807) is 32.5 Å². The first kappa shape index (κ1) is 16.5. The predicted molar refractivity (Wildman–Crippen MR) is 92.1 cm³/mol. The molecule has 2 heterocycles. The van der Waals surface area contributed by atoms with Gasteiger partial charge in [0.05, 0.1) is 25.5 Å². The first-order valence-corrected chi connectivity index (χ1v) is 7.61. The number of methoxy groups -OCH3 is 1. The number of hydrogen-bond acceptors (Lipinski definition) is 4. The summed E-state index contributed by atoms with van der Waals surface area (Å²) in [6.07, 6.45) is 3.22. The largest absolute Gasteiger partial charge is 0.497 e. The van der Waals surface area contributed by atoms with Gasteiger partial charge in [0.1, 0.15) is 11.3 Å². The van der Waals surface area contributed by atoms with Crippen LogP contribution in [0.1, 0.15) is 21.5 Å². The number of pyridine rings is 1. The van der Waals surface area contributed by atoms with Crippen LogP contribution in [0.4, 0.5) is 0 Å². The number of rotatable bonds is 5. The molecular weight excluding hydrogens is 322 g/mol. The number of carboxylic acid groups (broad SMARTS) is 1. The maximum Gasteiger partial charge on any atom is 0.341 e. The lowest BCUT2D eigenvalue weighted by Gasteiger charge is -2.09. The second kappa shape index (κ2) is 6.64. The smallest absolute Gasteiger partial charge is 0.341 e. The molecular formula is C18H17N3O4. The average Bonchev–Trinajstić information content (AvgIpc) is 3.05. The number of aromatic carboxylic acids is 1. The Hall–Kier alpha value is -3.35. The summed E-state index contributed by atoms with van der Waals surface area (Å²) in [5, 5.41) is 16.2. The number of aromatic nitrogens is 3. The monoisotopic (exact) mass is 339 g/mol. The van der Waals surface area contributed by atoms with Crippen molar-refractivity contribution in [3.05, 3.63) is 69.8 Å². The van der Waals surface area contributed by atoms with Crippen LogP contribution in [0.2, 0.25) is 0 Å². The minimum Gasteiger partial charge on any atom is -0.497 e. The molecule has 3 aromatic rings. The molecule has 2 aromatic heterocycles. The van der Waals surface area contributed by atoms with Crippen LogP contribution in [0.15, 0.2) is 47.5 Å². The van der Waals surface area contributed by atoms with Gasteiger partial charge in [-0.1, -0.05) is 0 Å². The van der Waals surface area contributed by atoms with Gasteiger partial charge in [-0.25, -0.2) is 4.79 Å². The van der Waals surface area contributed by atoms with E-state index in [-0.39, 0.29) is 12.1 Å². The third kappa shape index (κ3) is 3.16. The summed E-state index contributed by atoms with van der Waals surface area (Å²) < 4.78 is 6.52. The molecule has 25 heavy (non-hydrogen) atoms. The number of benzene rings is 1. The number of carboxylic acids is 1. The zero-order valence-electron chi connectivity index (χ0n) is 13.8. The Kier molecular flexibility index (Phi) is 4.38. The highest BCUT2D eigenvalue weighted by molar-refractivity contribution is 5.88. The summed E-state index contributed by atoms with van der Waals surface area (Å²) in [4.78, 5) is 23.7. The van der Waals surface area contributed by atoms with Gasteiger partial charge in [0.2, 0.25) is 0 Å². The molecule has 0 saturated heterocycles. The summed E-state index contributed by atoms with van der Waals surface area (Å²) in [5.74, 6) is -0.481. The van der Waals surface area contributed by atoms with Crippen LogP contribution in [0.3, 0.4) is 0 Å². The molecule has 0 saturated carbocycles. The normalized spacial score (nSPS) is 10.6. The molecule has 0 atom stereocenters. The quantitative estimate of drug-likeness (QED) is 0.743. The number of nitrogens with zero attached hydrogens (tertiary/aromatic N) is 2. The lowest BCUT2D eigenvalue weighted by atomic mass is 10.1. The summed E-state index contributed by atoms with van der Waals surface area (Å²) in [5.41, 5.74) is 2.15. The maximum atomic E-state index is 12.4.